The summed E-state index contributed by atoms with van der Waals surface area (Å²) < 4.78 is 38.0. The number of nitrogens with one attached hydrogen (secondary N) is 1. The SMILES string of the molecule is Cc1nn(-c2cc(O[C@@H](C)c3ccccc3)c(C(=O)Nc3ccccc3F)cc2F)c(=O)n1C(C)C. The minimum atomic E-state index is -0.857. The van der Waals surface area contributed by atoms with Crippen molar-refractivity contribution < 1.29 is 18.3 Å². The Labute approximate surface area is 207 Å². The highest BCUT2D eigenvalue weighted by molar-refractivity contribution is 6.06. The molecule has 9 heteroatoms. The van der Waals surface area contributed by atoms with Crippen molar-refractivity contribution in [1.82, 2.24) is 14.3 Å². The van der Waals surface area contributed by atoms with Crippen LogP contribution >= 0.6 is 0 Å². The van der Waals surface area contributed by atoms with Crippen molar-refractivity contribution in [1.29, 1.82) is 0 Å². The van der Waals surface area contributed by atoms with Crippen LogP contribution in [0.3, 0.4) is 0 Å². The van der Waals surface area contributed by atoms with Gasteiger partial charge in [-0.15, -0.1) is 0 Å². The Kier molecular flexibility index (Phi) is 7.00. The fraction of sp³-hybridized carbons (Fsp3) is 0.222. The minimum absolute atomic E-state index is 0.0141. The highest BCUT2D eigenvalue weighted by Crippen LogP contribution is 2.30. The fourth-order valence-electron chi connectivity index (χ4n) is 3.94. The van der Waals surface area contributed by atoms with E-state index in [1.165, 1.54) is 28.8 Å². The lowest BCUT2D eigenvalue weighted by molar-refractivity contribution is 0.101. The lowest BCUT2D eigenvalue weighted by Crippen LogP contribution is -2.26. The number of benzene rings is 3. The van der Waals surface area contributed by atoms with Crippen molar-refractivity contribution >= 4 is 11.6 Å². The van der Waals surface area contributed by atoms with Gasteiger partial charge in [0, 0.05) is 12.1 Å². The number of amides is 1. The number of nitrogens with zero attached hydrogens (tertiary/aromatic N) is 3. The molecule has 0 saturated heterocycles. The van der Waals surface area contributed by atoms with Gasteiger partial charge in [0.2, 0.25) is 0 Å². The van der Waals surface area contributed by atoms with Gasteiger partial charge in [-0.3, -0.25) is 9.36 Å². The molecule has 4 rings (SSSR count). The van der Waals surface area contributed by atoms with Gasteiger partial charge in [-0.2, -0.15) is 9.78 Å². The van der Waals surface area contributed by atoms with Crippen LogP contribution in [0.2, 0.25) is 0 Å². The molecule has 186 valence electrons. The molecular weight excluding hydrogens is 466 g/mol. The smallest absolute Gasteiger partial charge is 0.351 e. The Morgan fingerprint density at radius 1 is 0.972 bits per heavy atom. The lowest BCUT2D eigenvalue weighted by atomic mass is 10.1. The maximum absolute atomic E-state index is 15.4. The highest BCUT2D eigenvalue weighted by atomic mass is 19.1. The Bertz CT molecular complexity index is 1460. The Morgan fingerprint density at radius 3 is 2.28 bits per heavy atom. The molecule has 0 fully saturated rings. The average molecular weight is 493 g/mol. The van der Waals surface area contributed by atoms with Crippen LogP contribution < -0.4 is 15.7 Å². The summed E-state index contributed by atoms with van der Waals surface area (Å²) in [6, 6.07) is 17.0. The second-order valence-electron chi connectivity index (χ2n) is 8.61. The lowest BCUT2D eigenvalue weighted by Gasteiger charge is -2.19. The molecule has 3 aromatic carbocycles. The third-order valence-corrected chi connectivity index (χ3v) is 5.71. The maximum Gasteiger partial charge on any atom is 0.351 e. The number of anilines is 1. The van der Waals surface area contributed by atoms with Crippen LogP contribution in [0.15, 0.2) is 71.5 Å². The van der Waals surface area contributed by atoms with E-state index in [9.17, 15) is 14.0 Å². The van der Waals surface area contributed by atoms with Crippen LogP contribution in [0.1, 0.15) is 54.7 Å². The summed E-state index contributed by atoms with van der Waals surface area (Å²) in [5.74, 6) is -1.83. The number of hydrogen-bond acceptors (Lipinski definition) is 4. The molecule has 0 aliphatic carbocycles. The van der Waals surface area contributed by atoms with Gasteiger partial charge in [-0.05, 0) is 51.5 Å². The number of halogens is 2. The van der Waals surface area contributed by atoms with E-state index in [1.54, 1.807) is 19.9 Å². The molecule has 0 bridgehead atoms. The van der Waals surface area contributed by atoms with E-state index in [0.29, 0.717) is 5.82 Å². The van der Waals surface area contributed by atoms with Crippen LogP contribution in [0.4, 0.5) is 14.5 Å². The molecule has 0 aliphatic heterocycles. The van der Waals surface area contributed by atoms with Gasteiger partial charge < -0.3 is 10.1 Å². The first kappa shape index (κ1) is 24.8. The van der Waals surface area contributed by atoms with Crippen molar-refractivity contribution in [3.63, 3.8) is 0 Å². The molecule has 1 N–H and O–H groups in total. The minimum Gasteiger partial charge on any atom is -0.485 e. The number of rotatable bonds is 7. The first-order chi connectivity index (χ1) is 17.2. The van der Waals surface area contributed by atoms with Gasteiger partial charge in [0.05, 0.1) is 11.3 Å². The third kappa shape index (κ3) is 4.91. The van der Waals surface area contributed by atoms with E-state index in [4.69, 9.17) is 4.74 Å². The fourth-order valence-corrected chi connectivity index (χ4v) is 3.94. The van der Waals surface area contributed by atoms with Crippen LogP contribution in [-0.2, 0) is 0 Å². The summed E-state index contributed by atoms with van der Waals surface area (Å²) in [6.45, 7) is 7.08. The summed E-state index contributed by atoms with van der Waals surface area (Å²) in [5, 5.41) is 6.67. The topological polar surface area (TPSA) is 78.2 Å². The Balaban J connectivity index is 1.81. The summed E-state index contributed by atoms with van der Waals surface area (Å²) >= 11 is 0. The molecule has 0 spiro atoms. The monoisotopic (exact) mass is 492 g/mol. The van der Waals surface area contributed by atoms with Gasteiger partial charge >= 0.3 is 5.69 Å². The molecule has 1 aromatic heterocycles. The van der Waals surface area contributed by atoms with Crippen molar-refractivity contribution in [3.8, 4) is 11.4 Å². The average Bonchev–Trinajstić information content (AvgIpc) is 3.15. The van der Waals surface area contributed by atoms with E-state index in [-0.39, 0.29) is 28.7 Å². The van der Waals surface area contributed by atoms with Gasteiger partial charge in [0.15, 0.2) is 0 Å². The molecule has 1 atom stereocenters. The first-order valence-electron chi connectivity index (χ1n) is 11.5. The van der Waals surface area contributed by atoms with E-state index in [2.05, 4.69) is 10.4 Å². The Hall–Kier alpha value is -4.27. The summed E-state index contributed by atoms with van der Waals surface area (Å²) in [5.41, 5.74) is -0.0833. The normalized spacial score (nSPS) is 12.0. The zero-order chi connectivity index (χ0) is 26.0. The quantitative estimate of drug-likeness (QED) is 0.365. The second kappa shape index (κ2) is 10.2. The molecule has 1 amide bonds. The molecular formula is C27H26F2N4O3. The molecule has 4 aromatic rings. The molecule has 0 unspecified atom stereocenters. The van der Waals surface area contributed by atoms with E-state index in [0.717, 1.165) is 16.3 Å². The molecule has 7 nitrogen and oxygen atoms in total. The van der Waals surface area contributed by atoms with Gasteiger partial charge in [-0.1, -0.05) is 42.5 Å². The summed E-state index contributed by atoms with van der Waals surface area (Å²) in [4.78, 5) is 26.1. The van der Waals surface area contributed by atoms with Crippen LogP contribution in [0, 0.1) is 18.6 Å². The number of carbonyl (C=O) groups is 1. The number of ether oxygens (including phenoxy) is 1. The summed E-state index contributed by atoms with van der Waals surface area (Å²) in [7, 11) is 0. The predicted molar refractivity (Wildman–Crippen MR) is 133 cm³/mol. The maximum atomic E-state index is 15.4. The van der Waals surface area contributed by atoms with Crippen molar-refractivity contribution in [2.75, 3.05) is 5.32 Å². The number of hydrogen-bond donors (Lipinski definition) is 1. The van der Waals surface area contributed by atoms with Crippen molar-refractivity contribution in [2.45, 2.75) is 39.8 Å². The Morgan fingerprint density at radius 2 is 1.64 bits per heavy atom. The van der Waals surface area contributed by atoms with Gasteiger partial charge in [0.25, 0.3) is 5.91 Å². The zero-order valence-electron chi connectivity index (χ0n) is 20.3. The largest absolute Gasteiger partial charge is 0.485 e. The van der Waals surface area contributed by atoms with E-state index in [1.807, 2.05) is 44.2 Å². The number of aryl methyl sites for hydroxylation is 1. The molecule has 1 heterocycles. The third-order valence-electron chi connectivity index (χ3n) is 5.71. The van der Waals surface area contributed by atoms with Crippen LogP contribution in [0.25, 0.3) is 5.69 Å². The van der Waals surface area contributed by atoms with Gasteiger partial charge in [-0.25, -0.2) is 13.6 Å². The summed E-state index contributed by atoms with van der Waals surface area (Å²) in [6.07, 6.45) is -0.517. The number of carbonyl (C=O) groups excluding carboxylic acids is 1. The predicted octanol–water partition coefficient (Wildman–Crippen LogP) is 5.59. The number of aromatic nitrogens is 3. The standard InChI is InChI=1S/C27H26F2N4O3/c1-16(2)32-18(4)31-33(27(32)35)24-15-25(36-17(3)19-10-6-5-7-11-19)20(14-22(24)29)26(34)30-23-13-9-8-12-21(23)28/h5-17H,1-4H3,(H,30,34)/t17-/m0/s1. The second-order valence-corrected chi connectivity index (χ2v) is 8.61. The molecule has 0 saturated carbocycles. The molecule has 36 heavy (non-hydrogen) atoms. The highest BCUT2D eigenvalue weighted by Gasteiger charge is 2.24. The van der Waals surface area contributed by atoms with E-state index < -0.39 is 29.3 Å². The molecule has 0 radical (unpaired) electrons. The zero-order valence-corrected chi connectivity index (χ0v) is 20.3. The van der Waals surface area contributed by atoms with Crippen molar-refractivity contribution in [3.05, 3.63) is 106 Å². The van der Waals surface area contributed by atoms with Gasteiger partial charge in [0.1, 0.15) is 35.0 Å². The molecule has 0 aliphatic rings. The first-order valence-corrected chi connectivity index (χ1v) is 11.5. The number of para-hydroxylation sites is 1. The van der Waals surface area contributed by atoms with Crippen LogP contribution in [0.5, 0.6) is 5.75 Å². The van der Waals surface area contributed by atoms with E-state index >= 15 is 4.39 Å². The van der Waals surface area contributed by atoms with Crippen molar-refractivity contribution in [2.24, 2.45) is 0 Å². The van der Waals surface area contributed by atoms with Crippen LogP contribution in [-0.4, -0.2) is 20.3 Å².